The fraction of sp³-hybridized carbons (Fsp3) is 0.421. The highest BCUT2D eigenvalue weighted by atomic mass is 16.6. The predicted octanol–water partition coefficient (Wildman–Crippen LogP) is 2.72. The predicted molar refractivity (Wildman–Crippen MR) is 90.8 cm³/mol. The largest absolute Gasteiger partial charge is 0.461 e. The van der Waals surface area contributed by atoms with Gasteiger partial charge in [0.25, 0.3) is 0 Å². The first-order valence-corrected chi connectivity index (χ1v) is 8.32. The van der Waals surface area contributed by atoms with Gasteiger partial charge >= 0.3 is 0 Å². The average molecular weight is 329 g/mol. The third-order valence-corrected chi connectivity index (χ3v) is 4.01. The lowest BCUT2D eigenvalue weighted by Gasteiger charge is -2.23. The molecule has 1 fully saturated rings. The number of benzene rings is 1. The zero-order valence-electron chi connectivity index (χ0n) is 13.9. The van der Waals surface area contributed by atoms with Crippen LogP contribution in [0.5, 0.6) is 0 Å². The summed E-state index contributed by atoms with van der Waals surface area (Å²) >= 11 is 0. The molecule has 2 heterocycles. The number of nitrogens with one attached hydrogen (secondary N) is 1. The van der Waals surface area contributed by atoms with E-state index in [0.29, 0.717) is 39.2 Å². The Labute approximate surface area is 141 Å². The van der Waals surface area contributed by atoms with Crippen LogP contribution in [0.2, 0.25) is 0 Å². The number of rotatable bonds is 6. The van der Waals surface area contributed by atoms with Crippen LogP contribution in [0.4, 0.5) is 0 Å². The fourth-order valence-electron chi connectivity index (χ4n) is 2.59. The summed E-state index contributed by atoms with van der Waals surface area (Å²) in [5.74, 6) is 1.65. The Morgan fingerprint density at radius 3 is 2.75 bits per heavy atom. The highest BCUT2D eigenvalue weighted by Crippen LogP contribution is 2.23. The van der Waals surface area contributed by atoms with Crippen molar-refractivity contribution in [2.45, 2.75) is 25.9 Å². The minimum Gasteiger partial charge on any atom is -0.461 e. The molecule has 1 atom stereocenters. The summed E-state index contributed by atoms with van der Waals surface area (Å²) in [5, 5.41) is 2.88. The van der Waals surface area contributed by atoms with Crippen molar-refractivity contribution in [2.24, 2.45) is 0 Å². The molecule has 5 nitrogen and oxygen atoms in total. The number of ether oxygens (including phenoxy) is 2. The van der Waals surface area contributed by atoms with Crippen LogP contribution in [0.1, 0.15) is 17.7 Å². The van der Waals surface area contributed by atoms with E-state index >= 15 is 0 Å². The molecule has 0 radical (unpaired) electrons. The second-order valence-electron chi connectivity index (χ2n) is 6.00. The van der Waals surface area contributed by atoms with Gasteiger partial charge in [0.15, 0.2) is 0 Å². The Hall–Kier alpha value is -2.11. The van der Waals surface area contributed by atoms with Crippen molar-refractivity contribution in [1.29, 1.82) is 0 Å². The van der Waals surface area contributed by atoms with E-state index in [4.69, 9.17) is 13.9 Å². The second kappa shape index (κ2) is 8.13. The maximum atomic E-state index is 11.9. The van der Waals surface area contributed by atoms with Gasteiger partial charge in [0, 0.05) is 24.9 Å². The smallest absolute Gasteiger partial charge is 0.220 e. The van der Waals surface area contributed by atoms with E-state index in [9.17, 15) is 4.79 Å². The molecule has 1 aliphatic heterocycles. The molecule has 0 spiro atoms. The molecule has 5 heteroatoms. The lowest BCUT2D eigenvalue weighted by atomic mass is 10.1. The molecule has 1 unspecified atom stereocenters. The number of carbonyl (C=O) groups excluding carboxylic acids is 1. The van der Waals surface area contributed by atoms with Gasteiger partial charge in [0.05, 0.1) is 25.9 Å². The van der Waals surface area contributed by atoms with Crippen LogP contribution in [-0.2, 0) is 20.7 Å². The van der Waals surface area contributed by atoms with Crippen LogP contribution >= 0.6 is 0 Å². The second-order valence-corrected chi connectivity index (χ2v) is 6.00. The fourth-order valence-corrected chi connectivity index (χ4v) is 2.59. The first-order valence-electron chi connectivity index (χ1n) is 8.32. The Balaban J connectivity index is 1.44. The topological polar surface area (TPSA) is 60.7 Å². The third kappa shape index (κ3) is 4.69. The van der Waals surface area contributed by atoms with E-state index in [-0.39, 0.29) is 12.0 Å². The summed E-state index contributed by atoms with van der Waals surface area (Å²) < 4.78 is 16.6. The van der Waals surface area contributed by atoms with Gasteiger partial charge in [-0.25, -0.2) is 0 Å². The number of furan rings is 1. The van der Waals surface area contributed by atoms with Crippen LogP contribution in [-0.4, -0.2) is 38.4 Å². The van der Waals surface area contributed by atoms with Crippen molar-refractivity contribution >= 4 is 5.91 Å². The summed E-state index contributed by atoms with van der Waals surface area (Å²) in [6, 6.07) is 12.1. The van der Waals surface area contributed by atoms with Crippen molar-refractivity contribution < 1.29 is 18.7 Å². The number of hydrogen-bond donors (Lipinski definition) is 1. The molecule has 1 saturated heterocycles. The zero-order chi connectivity index (χ0) is 16.8. The maximum absolute atomic E-state index is 11.9. The first kappa shape index (κ1) is 16.7. The summed E-state index contributed by atoms with van der Waals surface area (Å²) in [6.45, 7) is 4.31. The summed E-state index contributed by atoms with van der Waals surface area (Å²) in [4.78, 5) is 11.9. The van der Waals surface area contributed by atoms with E-state index in [1.807, 2.05) is 24.3 Å². The molecule has 1 aromatic carbocycles. The SMILES string of the molecule is Cc1ccc(-c2ccc(CCC(=O)NCC3COCCO3)o2)cc1. The van der Waals surface area contributed by atoms with Gasteiger partial charge in [0.2, 0.25) is 5.91 Å². The Bertz CT molecular complexity index is 656. The minimum atomic E-state index is -0.0422. The lowest BCUT2D eigenvalue weighted by Crippen LogP contribution is -2.39. The normalized spacial score (nSPS) is 17.6. The van der Waals surface area contributed by atoms with Crippen LogP contribution in [0.15, 0.2) is 40.8 Å². The molecule has 24 heavy (non-hydrogen) atoms. The van der Waals surface area contributed by atoms with Crippen molar-refractivity contribution in [1.82, 2.24) is 5.32 Å². The third-order valence-electron chi connectivity index (χ3n) is 4.01. The summed E-state index contributed by atoms with van der Waals surface area (Å²) in [6.07, 6.45) is 0.938. The molecule has 0 aliphatic carbocycles. The van der Waals surface area contributed by atoms with E-state index in [2.05, 4.69) is 24.4 Å². The molecule has 1 aromatic heterocycles. The Kier molecular flexibility index (Phi) is 5.67. The van der Waals surface area contributed by atoms with Gasteiger partial charge in [-0.2, -0.15) is 0 Å². The summed E-state index contributed by atoms with van der Waals surface area (Å²) in [5.41, 5.74) is 2.26. The molecule has 128 valence electrons. The monoisotopic (exact) mass is 329 g/mol. The van der Waals surface area contributed by atoms with Crippen molar-refractivity contribution in [3.05, 3.63) is 47.7 Å². The standard InChI is InChI=1S/C19H23NO4/c1-14-2-4-15(5-3-14)18-8-6-16(24-18)7-9-19(21)20-12-17-13-22-10-11-23-17/h2-6,8,17H,7,9-13H2,1H3,(H,20,21). The van der Waals surface area contributed by atoms with E-state index in [1.54, 1.807) is 0 Å². The number of amides is 1. The molecule has 1 aliphatic rings. The molecule has 1 N–H and O–H groups in total. The van der Waals surface area contributed by atoms with Crippen LogP contribution in [0, 0.1) is 6.92 Å². The van der Waals surface area contributed by atoms with Gasteiger partial charge in [-0.15, -0.1) is 0 Å². The van der Waals surface area contributed by atoms with Crippen molar-refractivity contribution in [3.63, 3.8) is 0 Å². The minimum absolute atomic E-state index is 0.00235. The lowest BCUT2D eigenvalue weighted by molar-refractivity contribution is -0.124. The van der Waals surface area contributed by atoms with Crippen LogP contribution in [0.25, 0.3) is 11.3 Å². The quantitative estimate of drug-likeness (QED) is 0.885. The van der Waals surface area contributed by atoms with Gasteiger partial charge in [-0.3, -0.25) is 4.79 Å². The molecule has 2 aromatic rings. The summed E-state index contributed by atoms with van der Waals surface area (Å²) in [7, 11) is 0. The van der Waals surface area contributed by atoms with Crippen molar-refractivity contribution in [3.8, 4) is 11.3 Å². The molecular formula is C19H23NO4. The van der Waals surface area contributed by atoms with E-state index in [1.165, 1.54) is 5.56 Å². The highest BCUT2D eigenvalue weighted by Gasteiger charge is 2.15. The average Bonchev–Trinajstić information content (AvgIpc) is 3.09. The number of aryl methyl sites for hydroxylation is 2. The zero-order valence-corrected chi connectivity index (χ0v) is 13.9. The molecule has 3 rings (SSSR count). The van der Waals surface area contributed by atoms with Gasteiger partial charge in [0.1, 0.15) is 11.5 Å². The molecule has 0 saturated carbocycles. The van der Waals surface area contributed by atoms with Crippen LogP contribution in [0.3, 0.4) is 0 Å². The van der Waals surface area contributed by atoms with Crippen molar-refractivity contribution in [2.75, 3.05) is 26.4 Å². The van der Waals surface area contributed by atoms with Gasteiger partial charge in [-0.1, -0.05) is 29.8 Å². The first-order chi connectivity index (χ1) is 11.7. The molecular weight excluding hydrogens is 306 g/mol. The Morgan fingerprint density at radius 1 is 1.17 bits per heavy atom. The maximum Gasteiger partial charge on any atom is 0.220 e. The molecule has 1 amide bonds. The molecule has 0 bridgehead atoms. The van der Waals surface area contributed by atoms with Crippen LogP contribution < -0.4 is 5.32 Å². The Morgan fingerprint density at radius 2 is 2.00 bits per heavy atom. The number of carbonyl (C=O) groups is 1. The van der Waals surface area contributed by atoms with E-state index in [0.717, 1.165) is 17.1 Å². The highest BCUT2D eigenvalue weighted by molar-refractivity contribution is 5.76. The van der Waals surface area contributed by atoms with E-state index < -0.39 is 0 Å². The van der Waals surface area contributed by atoms with Gasteiger partial charge < -0.3 is 19.2 Å². The van der Waals surface area contributed by atoms with Gasteiger partial charge in [-0.05, 0) is 19.1 Å². The number of hydrogen-bond acceptors (Lipinski definition) is 4.